The number of carbonyl (C=O) groups excluding carboxylic acids is 1. The zero-order valence-corrected chi connectivity index (χ0v) is 15.5. The molecule has 5 heteroatoms. The molecule has 0 spiro atoms. The molecule has 2 N–H and O–H groups in total. The van der Waals surface area contributed by atoms with Crippen LogP contribution in [0.5, 0.6) is 0 Å². The Hall–Kier alpha value is -2.66. The summed E-state index contributed by atoms with van der Waals surface area (Å²) < 4.78 is 2.16. The molecule has 1 saturated heterocycles. The largest absolute Gasteiger partial charge is 0.352 e. The van der Waals surface area contributed by atoms with Gasteiger partial charge in [-0.05, 0) is 55.1 Å². The van der Waals surface area contributed by atoms with E-state index in [1.165, 1.54) is 12.0 Å². The topological polar surface area (TPSA) is 59.0 Å². The molecule has 1 aliphatic rings. The van der Waals surface area contributed by atoms with E-state index in [1.54, 1.807) is 0 Å². The molecule has 1 aromatic heterocycles. The Morgan fingerprint density at radius 2 is 1.96 bits per heavy atom. The molecule has 2 heterocycles. The monoisotopic (exact) mass is 362 g/mol. The molecule has 5 nitrogen and oxygen atoms in total. The molecule has 3 aromatic rings. The van der Waals surface area contributed by atoms with Crippen molar-refractivity contribution in [3.63, 3.8) is 0 Å². The molecule has 0 bridgehead atoms. The highest BCUT2D eigenvalue weighted by atomic mass is 16.1. The molecule has 0 radical (unpaired) electrons. The normalized spacial score (nSPS) is 16.7. The van der Waals surface area contributed by atoms with Crippen LogP contribution in [0.3, 0.4) is 0 Å². The average Bonchev–Trinajstić information content (AvgIpc) is 3.36. The SMILES string of the molecule is O=C(CCC1CCNC1)NCc1ccc(Cn2cnc3ccccc32)cc1. The van der Waals surface area contributed by atoms with Crippen LogP contribution in [-0.2, 0) is 17.9 Å². The zero-order valence-electron chi connectivity index (χ0n) is 15.5. The lowest BCUT2D eigenvalue weighted by Crippen LogP contribution is -2.23. The highest BCUT2D eigenvalue weighted by Gasteiger charge is 2.15. The van der Waals surface area contributed by atoms with E-state index in [2.05, 4.69) is 50.5 Å². The van der Waals surface area contributed by atoms with Crippen LogP contribution in [0, 0.1) is 5.92 Å². The van der Waals surface area contributed by atoms with E-state index >= 15 is 0 Å². The van der Waals surface area contributed by atoms with Crippen molar-refractivity contribution in [1.29, 1.82) is 0 Å². The van der Waals surface area contributed by atoms with Gasteiger partial charge in [-0.2, -0.15) is 0 Å². The zero-order chi connectivity index (χ0) is 18.5. The highest BCUT2D eigenvalue weighted by Crippen LogP contribution is 2.15. The maximum atomic E-state index is 12.0. The van der Waals surface area contributed by atoms with Gasteiger partial charge in [0.25, 0.3) is 0 Å². The molecule has 2 aromatic carbocycles. The molecule has 0 aliphatic carbocycles. The molecule has 1 atom stereocenters. The van der Waals surface area contributed by atoms with Gasteiger partial charge in [-0.3, -0.25) is 4.79 Å². The fourth-order valence-corrected chi connectivity index (χ4v) is 3.68. The first-order valence-electron chi connectivity index (χ1n) is 9.73. The van der Waals surface area contributed by atoms with Gasteiger partial charge in [0, 0.05) is 19.5 Å². The van der Waals surface area contributed by atoms with Crippen LogP contribution in [-0.4, -0.2) is 28.5 Å². The van der Waals surface area contributed by atoms with E-state index in [0.717, 1.165) is 42.7 Å². The maximum Gasteiger partial charge on any atom is 0.220 e. The number of rotatable bonds is 7. The van der Waals surface area contributed by atoms with Gasteiger partial charge in [-0.1, -0.05) is 36.4 Å². The number of fused-ring (bicyclic) bond motifs is 1. The lowest BCUT2D eigenvalue weighted by Gasteiger charge is -2.09. The fourth-order valence-electron chi connectivity index (χ4n) is 3.68. The summed E-state index contributed by atoms with van der Waals surface area (Å²) in [7, 11) is 0. The van der Waals surface area contributed by atoms with Gasteiger partial charge in [-0.15, -0.1) is 0 Å². The minimum absolute atomic E-state index is 0.149. The second-order valence-corrected chi connectivity index (χ2v) is 7.35. The van der Waals surface area contributed by atoms with E-state index in [4.69, 9.17) is 0 Å². The Morgan fingerprint density at radius 1 is 1.15 bits per heavy atom. The quantitative estimate of drug-likeness (QED) is 0.679. The number of hydrogen-bond acceptors (Lipinski definition) is 3. The van der Waals surface area contributed by atoms with Gasteiger partial charge in [0.1, 0.15) is 0 Å². The number of benzene rings is 2. The van der Waals surface area contributed by atoms with E-state index < -0.39 is 0 Å². The first-order chi connectivity index (χ1) is 13.3. The molecule has 140 valence electrons. The maximum absolute atomic E-state index is 12.0. The minimum atomic E-state index is 0.149. The number of para-hydroxylation sites is 2. The number of imidazole rings is 1. The third kappa shape index (κ3) is 4.55. The molecule has 1 aliphatic heterocycles. The third-order valence-electron chi connectivity index (χ3n) is 5.33. The number of nitrogens with one attached hydrogen (secondary N) is 2. The lowest BCUT2D eigenvalue weighted by atomic mass is 10.0. The van der Waals surface area contributed by atoms with Crippen molar-refractivity contribution in [1.82, 2.24) is 20.2 Å². The summed E-state index contributed by atoms with van der Waals surface area (Å²) in [5.74, 6) is 0.810. The van der Waals surface area contributed by atoms with E-state index in [9.17, 15) is 4.79 Å². The molecule has 4 rings (SSSR count). The summed E-state index contributed by atoms with van der Waals surface area (Å²) in [4.78, 5) is 16.5. The third-order valence-corrected chi connectivity index (χ3v) is 5.33. The van der Waals surface area contributed by atoms with Gasteiger partial charge in [-0.25, -0.2) is 4.98 Å². The van der Waals surface area contributed by atoms with Gasteiger partial charge in [0.2, 0.25) is 5.91 Å². The van der Waals surface area contributed by atoms with Crippen LogP contribution in [0.2, 0.25) is 0 Å². The number of carbonyl (C=O) groups is 1. The van der Waals surface area contributed by atoms with Crippen molar-refractivity contribution in [2.75, 3.05) is 13.1 Å². The van der Waals surface area contributed by atoms with Gasteiger partial charge in [0.05, 0.1) is 17.4 Å². The summed E-state index contributed by atoms with van der Waals surface area (Å²) in [6.45, 7) is 3.53. The Morgan fingerprint density at radius 3 is 2.78 bits per heavy atom. The first-order valence-corrected chi connectivity index (χ1v) is 9.73. The number of hydrogen-bond donors (Lipinski definition) is 2. The molecule has 27 heavy (non-hydrogen) atoms. The molecule has 0 saturated carbocycles. The highest BCUT2D eigenvalue weighted by molar-refractivity contribution is 5.76. The number of aromatic nitrogens is 2. The van der Waals surface area contributed by atoms with Crippen molar-refractivity contribution in [3.05, 3.63) is 66.0 Å². The van der Waals surface area contributed by atoms with Crippen molar-refractivity contribution in [3.8, 4) is 0 Å². The predicted octanol–water partition coefficient (Wildman–Crippen LogP) is 3.09. The summed E-state index contributed by atoms with van der Waals surface area (Å²) in [6.07, 6.45) is 4.69. The Bertz CT molecular complexity index is 894. The summed E-state index contributed by atoms with van der Waals surface area (Å²) in [6, 6.07) is 16.6. The van der Waals surface area contributed by atoms with Gasteiger partial charge in [0.15, 0.2) is 0 Å². The van der Waals surface area contributed by atoms with Crippen LogP contribution in [0.15, 0.2) is 54.9 Å². The van der Waals surface area contributed by atoms with E-state index in [-0.39, 0.29) is 5.91 Å². The Labute approximate surface area is 159 Å². The van der Waals surface area contributed by atoms with Crippen molar-refractivity contribution in [2.45, 2.75) is 32.4 Å². The Balaban J connectivity index is 1.27. The minimum Gasteiger partial charge on any atom is -0.352 e. The number of amides is 1. The van der Waals surface area contributed by atoms with Crippen LogP contribution in [0.25, 0.3) is 11.0 Å². The van der Waals surface area contributed by atoms with Crippen molar-refractivity contribution >= 4 is 16.9 Å². The fraction of sp³-hybridized carbons (Fsp3) is 0.364. The first kappa shape index (κ1) is 17.7. The summed E-state index contributed by atoms with van der Waals surface area (Å²) in [5.41, 5.74) is 4.52. The van der Waals surface area contributed by atoms with Crippen LogP contribution in [0.1, 0.15) is 30.4 Å². The van der Waals surface area contributed by atoms with Crippen LogP contribution < -0.4 is 10.6 Å². The van der Waals surface area contributed by atoms with Crippen LogP contribution in [0.4, 0.5) is 0 Å². The molecular weight excluding hydrogens is 336 g/mol. The summed E-state index contributed by atoms with van der Waals surface area (Å²) in [5, 5.41) is 6.38. The van der Waals surface area contributed by atoms with Gasteiger partial charge >= 0.3 is 0 Å². The second kappa shape index (κ2) is 8.35. The number of nitrogens with zero attached hydrogens (tertiary/aromatic N) is 2. The van der Waals surface area contributed by atoms with E-state index in [1.807, 2.05) is 24.5 Å². The van der Waals surface area contributed by atoms with Crippen molar-refractivity contribution < 1.29 is 4.79 Å². The van der Waals surface area contributed by atoms with Crippen LogP contribution >= 0.6 is 0 Å². The second-order valence-electron chi connectivity index (χ2n) is 7.35. The van der Waals surface area contributed by atoms with Crippen molar-refractivity contribution in [2.24, 2.45) is 5.92 Å². The smallest absolute Gasteiger partial charge is 0.220 e. The average molecular weight is 362 g/mol. The lowest BCUT2D eigenvalue weighted by molar-refractivity contribution is -0.121. The van der Waals surface area contributed by atoms with E-state index in [0.29, 0.717) is 18.9 Å². The molecule has 1 unspecified atom stereocenters. The molecule has 1 amide bonds. The molecular formula is C22H26N4O. The molecule has 1 fully saturated rings. The van der Waals surface area contributed by atoms with Gasteiger partial charge < -0.3 is 15.2 Å². The Kier molecular flexibility index (Phi) is 5.49. The standard InChI is InChI=1S/C22H26N4O/c27-22(10-9-18-11-12-23-13-18)24-14-17-5-7-19(8-6-17)15-26-16-25-20-3-1-2-4-21(20)26/h1-8,16,18,23H,9-15H2,(H,24,27). The predicted molar refractivity (Wildman–Crippen MR) is 107 cm³/mol. The summed E-state index contributed by atoms with van der Waals surface area (Å²) >= 11 is 0.